The number of benzene rings is 4. The van der Waals surface area contributed by atoms with Crippen LogP contribution in [0, 0.1) is 0 Å². The summed E-state index contributed by atoms with van der Waals surface area (Å²) in [5, 5.41) is 26.3. The van der Waals surface area contributed by atoms with Crippen molar-refractivity contribution in [2.75, 3.05) is 59.1 Å². The molecule has 0 saturated carbocycles. The zero-order chi connectivity index (χ0) is 40.5. The van der Waals surface area contributed by atoms with Crippen molar-refractivity contribution in [1.82, 2.24) is 19.9 Å². The summed E-state index contributed by atoms with van der Waals surface area (Å²) in [6.45, 7) is 2.92. The molecule has 0 aliphatic carbocycles. The van der Waals surface area contributed by atoms with E-state index in [0.29, 0.717) is 43.6 Å². The Hall–Kier alpha value is -5.54. The minimum Gasteiger partial charge on any atom is -0.393 e. The van der Waals surface area contributed by atoms with Crippen LogP contribution in [0.15, 0.2) is 131 Å². The topological polar surface area (TPSA) is 157 Å². The average Bonchev–Trinajstić information content (AvgIpc) is 3.25. The first-order valence-corrected chi connectivity index (χ1v) is 22.4. The van der Waals surface area contributed by atoms with Gasteiger partial charge in [0, 0.05) is 72.0 Å². The molecule has 0 amide bonds. The molecule has 6 aromatic rings. The van der Waals surface area contributed by atoms with Crippen LogP contribution in [0.2, 0.25) is 0 Å². The molecule has 14 heteroatoms. The summed E-state index contributed by atoms with van der Waals surface area (Å²) in [5.74, 6) is 2.71. The van der Waals surface area contributed by atoms with Crippen LogP contribution in [0.25, 0.3) is 22.5 Å². The van der Waals surface area contributed by atoms with Gasteiger partial charge in [0.15, 0.2) is 9.84 Å². The fourth-order valence-corrected chi connectivity index (χ4v) is 7.72. The van der Waals surface area contributed by atoms with Crippen molar-refractivity contribution in [3.63, 3.8) is 0 Å². The van der Waals surface area contributed by atoms with Gasteiger partial charge in [-0.3, -0.25) is 0 Å². The smallest absolute Gasteiger partial charge is 0.227 e. The highest BCUT2D eigenvalue weighted by Crippen LogP contribution is 2.29. The number of sulfone groups is 1. The van der Waals surface area contributed by atoms with Gasteiger partial charge in [0.1, 0.15) is 11.6 Å². The third-order valence-corrected chi connectivity index (χ3v) is 11.9. The van der Waals surface area contributed by atoms with E-state index < -0.39 is 9.84 Å². The number of hydrogen-bond acceptors (Lipinski definition) is 13. The number of thioether (sulfide) groups is 1. The molecule has 4 N–H and O–H groups in total. The third-order valence-electron chi connectivity index (χ3n) is 9.98. The summed E-state index contributed by atoms with van der Waals surface area (Å²) in [7, 11) is -3.24. The molecule has 2 fully saturated rings. The second-order valence-corrected chi connectivity index (χ2v) is 17.2. The number of aromatic nitrogens is 4. The Kier molecular flexibility index (Phi) is 13.2. The van der Waals surface area contributed by atoms with Gasteiger partial charge in [0.05, 0.1) is 28.5 Å². The van der Waals surface area contributed by atoms with E-state index in [9.17, 15) is 18.6 Å². The molecule has 0 atom stereocenters. The largest absolute Gasteiger partial charge is 0.393 e. The number of anilines is 6. The predicted molar refractivity (Wildman–Crippen MR) is 234 cm³/mol. The van der Waals surface area contributed by atoms with Crippen molar-refractivity contribution in [2.45, 2.75) is 47.7 Å². The minimum atomic E-state index is -3.24. The van der Waals surface area contributed by atoms with Crippen molar-refractivity contribution in [3.05, 3.63) is 121 Å². The van der Waals surface area contributed by atoms with Crippen molar-refractivity contribution in [3.8, 4) is 22.5 Å². The van der Waals surface area contributed by atoms with Crippen LogP contribution < -0.4 is 20.4 Å². The van der Waals surface area contributed by atoms with Crippen LogP contribution in [0.5, 0.6) is 0 Å². The van der Waals surface area contributed by atoms with E-state index >= 15 is 0 Å². The molecule has 0 unspecified atom stereocenters. The zero-order valence-electron chi connectivity index (χ0n) is 32.6. The Bertz CT molecular complexity index is 2360. The van der Waals surface area contributed by atoms with Crippen LogP contribution in [-0.4, -0.2) is 89.5 Å². The monoisotopic (exact) mass is 816 g/mol. The Morgan fingerprint density at radius 2 is 0.983 bits per heavy atom. The van der Waals surface area contributed by atoms with Gasteiger partial charge in [-0.25, -0.2) is 18.4 Å². The minimum absolute atomic E-state index is 0.221. The van der Waals surface area contributed by atoms with Crippen LogP contribution >= 0.6 is 11.8 Å². The van der Waals surface area contributed by atoms with Crippen LogP contribution in [-0.2, 0) is 9.84 Å². The van der Waals surface area contributed by atoms with Gasteiger partial charge in [-0.1, -0.05) is 60.7 Å². The molecule has 58 heavy (non-hydrogen) atoms. The van der Waals surface area contributed by atoms with E-state index in [2.05, 4.69) is 68.1 Å². The summed E-state index contributed by atoms with van der Waals surface area (Å²) >= 11 is 1.72. The van der Waals surface area contributed by atoms with E-state index in [4.69, 9.17) is 15.0 Å². The SMILES string of the molecule is CS(=O)(=O)c1ccc(Nc2cc(-c3ccccc3)nc(N3CCC(O)CC3)n2)cc1.CSc1ccc(Nc2cc(-c3ccccc3)nc(N3CCC(O)CC3)n2)cc1. The second kappa shape index (κ2) is 18.8. The summed E-state index contributed by atoms with van der Waals surface area (Å²) in [5.41, 5.74) is 5.45. The number of nitrogens with one attached hydrogen (secondary N) is 2. The van der Waals surface area contributed by atoms with Gasteiger partial charge < -0.3 is 30.6 Å². The lowest BCUT2D eigenvalue weighted by Gasteiger charge is -2.30. The molecular weight excluding hydrogens is 769 g/mol. The first-order valence-electron chi connectivity index (χ1n) is 19.3. The number of aliphatic hydroxyl groups excluding tert-OH is 2. The Morgan fingerprint density at radius 1 is 0.586 bits per heavy atom. The maximum Gasteiger partial charge on any atom is 0.227 e. The van der Waals surface area contributed by atoms with Gasteiger partial charge in [-0.15, -0.1) is 11.8 Å². The zero-order valence-corrected chi connectivity index (χ0v) is 34.2. The second-order valence-electron chi connectivity index (χ2n) is 14.3. The summed E-state index contributed by atoms with van der Waals surface area (Å²) in [6, 6.07) is 38.8. The average molecular weight is 817 g/mol. The first kappa shape index (κ1) is 40.6. The first-order chi connectivity index (χ1) is 28.1. The molecule has 2 saturated heterocycles. The van der Waals surface area contributed by atoms with Crippen LogP contribution in [0.3, 0.4) is 0 Å². The number of piperidine rings is 2. The molecule has 8 rings (SSSR count). The molecule has 0 bridgehead atoms. The normalized spacial score (nSPS) is 15.0. The van der Waals surface area contributed by atoms with Crippen LogP contribution in [0.4, 0.5) is 34.9 Å². The lowest BCUT2D eigenvalue weighted by Crippen LogP contribution is -2.37. The maximum absolute atomic E-state index is 11.7. The van der Waals surface area contributed by atoms with Gasteiger partial charge in [-0.05, 0) is 80.5 Å². The number of aliphatic hydroxyl groups is 2. The summed E-state index contributed by atoms with van der Waals surface area (Å²) < 4.78 is 23.4. The van der Waals surface area contributed by atoms with Crippen molar-refractivity contribution in [1.29, 1.82) is 0 Å². The molecule has 300 valence electrons. The Labute approximate surface area is 344 Å². The molecule has 12 nitrogen and oxygen atoms in total. The van der Waals surface area contributed by atoms with E-state index in [0.717, 1.165) is 65.6 Å². The summed E-state index contributed by atoms with van der Waals surface area (Å²) in [4.78, 5) is 24.7. The number of rotatable bonds is 10. The quantitative estimate of drug-likeness (QED) is 0.0994. The molecule has 0 spiro atoms. The highest BCUT2D eigenvalue weighted by Gasteiger charge is 2.22. The molecule has 2 aromatic heterocycles. The lowest BCUT2D eigenvalue weighted by atomic mass is 10.1. The van der Waals surface area contributed by atoms with Crippen molar-refractivity contribution >= 4 is 56.5 Å². The van der Waals surface area contributed by atoms with E-state index in [1.165, 1.54) is 11.2 Å². The Morgan fingerprint density at radius 3 is 1.36 bits per heavy atom. The van der Waals surface area contributed by atoms with Crippen molar-refractivity contribution < 1.29 is 18.6 Å². The Balaban J connectivity index is 0.000000177. The van der Waals surface area contributed by atoms with E-state index in [1.807, 2.05) is 60.7 Å². The van der Waals surface area contributed by atoms with E-state index in [1.54, 1.807) is 36.0 Å². The lowest BCUT2D eigenvalue weighted by molar-refractivity contribution is 0.144. The highest BCUT2D eigenvalue weighted by atomic mass is 32.2. The number of hydrogen-bond donors (Lipinski definition) is 4. The third kappa shape index (κ3) is 10.9. The molecular formula is C44H48N8O4S2. The standard InChI is InChI=1S/C22H24N4O3S.C22H24N4OS/c1-30(28,29)19-9-7-17(8-10-19)23-21-15-20(16-5-3-2-4-6-16)24-22(25-21)26-13-11-18(27)12-14-26;1-28-19-9-7-17(8-10-19)23-21-15-20(16-5-3-2-4-6-16)24-22(25-21)26-13-11-18(27)12-14-26/h2-10,15,18,27H,11-14H2,1H3,(H,23,24,25);2-10,15,18,27H,11-14H2,1H3,(H,23,24,25). The van der Waals surface area contributed by atoms with Gasteiger partial charge in [-0.2, -0.15) is 9.97 Å². The number of nitrogens with zero attached hydrogens (tertiary/aromatic N) is 6. The van der Waals surface area contributed by atoms with Crippen molar-refractivity contribution in [2.24, 2.45) is 0 Å². The van der Waals surface area contributed by atoms with Gasteiger partial charge in [0.25, 0.3) is 0 Å². The molecule has 2 aliphatic rings. The van der Waals surface area contributed by atoms with E-state index in [-0.39, 0.29) is 17.1 Å². The van der Waals surface area contributed by atoms with Gasteiger partial charge in [0.2, 0.25) is 11.9 Å². The molecule has 4 aromatic carbocycles. The van der Waals surface area contributed by atoms with Gasteiger partial charge >= 0.3 is 0 Å². The maximum atomic E-state index is 11.7. The fraction of sp³-hybridized carbons (Fsp3) is 0.273. The molecule has 0 radical (unpaired) electrons. The highest BCUT2D eigenvalue weighted by molar-refractivity contribution is 7.98. The van der Waals surface area contributed by atoms with Crippen LogP contribution in [0.1, 0.15) is 25.7 Å². The summed E-state index contributed by atoms with van der Waals surface area (Å²) in [6.07, 6.45) is 5.64. The molecule has 4 heterocycles. The predicted octanol–water partition coefficient (Wildman–Crippen LogP) is 7.82. The fourth-order valence-electron chi connectivity index (χ4n) is 6.68. The molecule has 2 aliphatic heterocycles.